The van der Waals surface area contributed by atoms with Gasteiger partial charge >= 0.3 is 17.6 Å². The van der Waals surface area contributed by atoms with Crippen LogP contribution in [-0.4, -0.2) is 50.6 Å². The lowest BCUT2D eigenvalue weighted by Crippen LogP contribution is -2.10. The van der Waals surface area contributed by atoms with Crippen LogP contribution in [0.2, 0.25) is 0 Å². The molecule has 12 nitrogen and oxygen atoms in total. The number of para-hydroxylation sites is 2. The van der Waals surface area contributed by atoms with Crippen LogP contribution in [0.3, 0.4) is 0 Å². The van der Waals surface area contributed by atoms with Crippen molar-refractivity contribution in [2.45, 2.75) is 0 Å². The quantitative estimate of drug-likeness (QED) is 0.265. The normalized spacial score (nSPS) is 10.6. The van der Waals surface area contributed by atoms with Crippen molar-refractivity contribution in [3.8, 4) is 5.82 Å². The molecule has 2 aromatic heterocycles. The van der Waals surface area contributed by atoms with Gasteiger partial charge in [0, 0.05) is 5.69 Å². The largest absolute Gasteiger partial charge is 0.465 e. The minimum atomic E-state index is -0.702. The van der Waals surface area contributed by atoms with Gasteiger partial charge in [-0.1, -0.05) is 12.1 Å². The topological polar surface area (TPSA) is 151 Å². The molecule has 2 aromatic carbocycles. The van der Waals surface area contributed by atoms with Gasteiger partial charge in [-0.25, -0.2) is 24.5 Å². The Hall–Kier alpha value is -4.87. The van der Waals surface area contributed by atoms with Gasteiger partial charge < -0.3 is 14.8 Å². The number of nitrogens with zero attached hydrogens (tertiary/aromatic N) is 5. The molecule has 0 radical (unpaired) electrons. The Morgan fingerprint density at radius 1 is 1.00 bits per heavy atom. The summed E-state index contributed by atoms with van der Waals surface area (Å²) in [5.74, 6) is -1.57. The molecule has 0 aliphatic rings. The first-order valence-electron chi connectivity index (χ1n) is 9.43. The lowest BCUT2D eigenvalue weighted by atomic mass is 10.1. The van der Waals surface area contributed by atoms with Gasteiger partial charge in [0.1, 0.15) is 12.7 Å². The fourth-order valence-corrected chi connectivity index (χ4v) is 3.24. The number of benzene rings is 2. The molecule has 33 heavy (non-hydrogen) atoms. The fraction of sp³-hybridized carbons (Fsp3) is 0.0952. The monoisotopic (exact) mass is 448 g/mol. The van der Waals surface area contributed by atoms with E-state index in [1.165, 1.54) is 43.3 Å². The van der Waals surface area contributed by atoms with E-state index in [9.17, 15) is 19.7 Å². The smallest absolute Gasteiger partial charge is 0.354 e. The van der Waals surface area contributed by atoms with Crippen molar-refractivity contribution in [3.63, 3.8) is 0 Å². The minimum Gasteiger partial charge on any atom is -0.465 e. The van der Waals surface area contributed by atoms with Crippen molar-refractivity contribution >= 4 is 40.2 Å². The van der Waals surface area contributed by atoms with Gasteiger partial charge in [-0.15, -0.1) is 0 Å². The van der Waals surface area contributed by atoms with E-state index in [0.29, 0.717) is 11.0 Å². The van der Waals surface area contributed by atoms with E-state index in [1.54, 1.807) is 24.3 Å². The second-order valence-corrected chi connectivity index (χ2v) is 6.66. The Morgan fingerprint density at radius 3 is 2.30 bits per heavy atom. The molecule has 4 rings (SSSR count). The molecule has 0 amide bonds. The zero-order valence-corrected chi connectivity index (χ0v) is 17.4. The number of ether oxygens (including phenoxy) is 2. The van der Waals surface area contributed by atoms with E-state index >= 15 is 0 Å². The number of imidazole rings is 1. The van der Waals surface area contributed by atoms with Crippen molar-refractivity contribution < 1.29 is 24.0 Å². The first-order valence-corrected chi connectivity index (χ1v) is 9.43. The highest BCUT2D eigenvalue weighted by Crippen LogP contribution is 2.32. The number of rotatable bonds is 6. The zero-order valence-electron chi connectivity index (χ0n) is 17.4. The Kier molecular flexibility index (Phi) is 5.64. The number of anilines is 2. The summed E-state index contributed by atoms with van der Waals surface area (Å²) in [6, 6.07) is 11.1. The van der Waals surface area contributed by atoms with Gasteiger partial charge in [0.25, 0.3) is 0 Å². The van der Waals surface area contributed by atoms with Gasteiger partial charge in [0.2, 0.25) is 11.6 Å². The molecule has 4 aromatic rings. The molecule has 0 saturated carbocycles. The lowest BCUT2D eigenvalue weighted by molar-refractivity contribution is -0.384. The van der Waals surface area contributed by atoms with E-state index in [4.69, 9.17) is 9.47 Å². The van der Waals surface area contributed by atoms with Crippen molar-refractivity contribution in [1.82, 2.24) is 19.5 Å². The Labute approximate surface area is 186 Å². The third-order valence-corrected chi connectivity index (χ3v) is 4.71. The van der Waals surface area contributed by atoms with E-state index < -0.39 is 22.5 Å². The average Bonchev–Trinajstić information content (AvgIpc) is 3.26. The number of esters is 2. The van der Waals surface area contributed by atoms with Gasteiger partial charge in [-0.2, -0.15) is 0 Å². The van der Waals surface area contributed by atoms with Crippen LogP contribution >= 0.6 is 0 Å². The predicted molar refractivity (Wildman–Crippen MR) is 116 cm³/mol. The number of nitrogens with one attached hydrogen (secondary N) is 1. The number of hydrogen-bond acceptors (Lipinski definition) is 10. The van der Waals surface area contributed by atoms with Crippen molar-refractivity contribution in [1.29, 1.82) is 0 Å². The van der Waals surface area contributed by atoms with Gasteiger partial charge in [-0.05, 0) is 30.3 Å². The molecule has 12 heteroatoms. The van der Waals surface area contributed by atoms with Crippen LogP contribution in [0.4, 0.5) is 17.2 Å². The summed E-state index contributed by atoms with van der Waals surface area (Å²) in [7, 11) is 2.38. The lowest BCUT2D eigenvalue weighted by Gasteiger charge is -2.11. The van der Waals surface area contributed by atoms with Crippen LogP contribution in [0.1, 0.15) is 20.7 Å². The number of fused-ring (bicyclic) bond motifs is 1. The SMILES string of the molecule is COC(=O)c1cc(Nc2ncnc(-n3cnc4ccccc43)c2[N+](=O)[O-])cc(C(=O)OC)c1. The summed E-state index contributed by atoms with van der Waals surface area (Å²) >= 11 is 0. The first-order chi connectivity index (χ1) is 15.9. The van der Waals surface area contributed by atoms with Crippen LogP contribution in [0.15, 0.2) is 55.1 Å². The Bertz CT molecular complexity index is 1370. The second kappa shape index (κ2) is 8.70. The molecule has 0 atom stereocenters. The average molecular weight is 448 g/mol. The molecule has 0 aliphatic carbocycles. The van der Waals surface area contributed by atoms with Crippen LogP contribution in [0, 0.1) is 10.1 Å². The second-order valence-electron chi connectivity index (χ2n) is 6.66. The number of methoxy groups -OCH3 is 2. The highest BCUT2D eigenvalue weighted by molar-refractivity contribution is 5.97. The zero-order chi connectivity index (χ0) is 23.5. The maximum atomic E-state index is 12.0. The molecule has 2 heterocycles. The molecule has 0 unspecified atom stereocenters. The van der Waals surface area contributed by atoms with Gasteiger partial charge in [0.15, 0.2) is 0 Å². The van der Waals surface area contributed by atoms with E-state index in [0.717, 1.165) is 6.33 Å². The maximum absolute atomic E-state index is 12.0. The molecular formula is C21H16N6O6. The standard InChI is InChI=1S/C21H16N6O6/c1-32-20(28)12-7-13(21(29)33-2)9-14(8-12)25-18-17(27(30)31)19(23-10-22-18)26-11-24-15-5-3-4-6-16(15)26/h3-11H,1-2H3,(H,22,23,25). The summed E-state index contributed by atoms with van der Waals surface area (Å²) in [6.07, 6.45) is 2.59. The van der Waals surface area contributed by atoms with Crippen molar-refractivity contribution in [2.75, 3.05) is 19.5 Å². The highest BCUT2D eigenvalue weighted by Gasteiger charge is 2.26. The van der Waals surface area contributed by atoms with E-state index in [1.807, 2.05) is 0 Å². The summed E-state index contributed by atoms with van der Waals surface area (Å²) in [6.45, 7) is 0. The molecule has 0 saturated heterocycles. The van der Waals surface area contributed by atoms with Crippen molar-refractivity contribution in [3.05, 3.63) is 76.4 Å². The summed E-state index contributed by atoms with van der Waals surface area (Å²) < 4.78 is 10.9. The minimum absolute atomic E-state index is 0.0106. The number of carbonyl (C=O) groups is 2. The summed E-state index contributed by atoms with van der Waals surface area (Å²) in [5, 5.41) is 14.8. The number of hydrogen-bond donors (Lipinski definition) is 1. The third kappa shape index (κ3) is 4.04. The predicted octanol–water partition coefficient (Wildman–Crippen LogP) is 3.04. The molecule has 166 valence electrons. The maximum Gasteiger partial charge on any atom is 0.354 e. The highest BCUT2D eigenvalue weighted by atomic mass is 16.6. The van der Waals surface area contributed by atoms with Crippen LogP contribution in [-0.2, 0) is 9.47 Å². The van der Waals surface area contributed by atoms with Gasteiger partial charge in [0.05, 0.1) is 41.3 Å². The number of carbonyl (C=O) groups excluding carboxylic acids is 2. The molecule has 0 spiro atoms. The molecule has 0 aliphatic heterocycles. The van der Waals surface area contributed by atoms with Crippen molar-refractivity contribution in [2.24, 2.45) is 0 Å². The Morgan fingerprint density at radius 2 is 1.67 bits per heavy atom. The summed E-state index contributed by atoms with van der Waals surface area (Å²) in [5.41, 5.74) is 1.09. The summed E-state index contributed by atoms with van der Waals surface area (Å²) in [4.78, 5) is 47.8. The molecule has 0 bridgehead atoms. The Balaban J connectivity index is 1.84. The third-order valence-electron chi connectivity index (χ3n) is 4.71. The molecular weight excluding hydrogens is 432 g/mol. The molecule has 1 N–H and O–H groups in total. The first kappa shape index (κ1) is 21.4. The van der Waals surface area contributed by atoms with Crippen LogP contribution in [0.5, 0.6) is 0 Å². The van der Waals surface area contributed by atoms with Crippen LogP contribution in [0.25, 0.3) is 16.9 Å². The fourth-order valence-electron chi connectivity index (χ4n) is 3.24. The van der Waals surface area contributed by atoms with Crippen LogP contribution < -0.4 is 5.32 Å². The number of nitro groups is 1. The molecule has 0 fully saturated rings. The van der Waals surface area contributed by atoms with E-state index in [-0.39, 0.29) is 28.5 Å². The van der Waals surface area contributed by atoms with Gasteiger partial charge in [-0.3, -0.25) is 14.7 Å². The van der Waals surface area contributed by atoms with E-state index in [2.05, 4.69) is 20.3 Å². The number of aromatic nitrogens is 4.